The Morgan fingerprint density at radius 3 is 2.82 bits per heavy atom. The van der Waals surface area contributed by atoms with Crippen LogP contribution in [0.1, 0.15) is 25.3 Å². The normalized spacial score (nSPS) is 19.1. The van der Waals surface area contributed by atoms with Gasteiger partial charge in [0, 0.05) is 19.2 Å². The van der Waals surface area contributed by atoms with Crippen LogP contribution >= 0.6 is 0 Å². The van der Waals surface area contributed by atoms with Crippen molar-refractivity contribution in [3.05, 3.63) is 17.7 Å². The van der Waals surface area contributed by atoms with Gasteiger partial charge in [0.1, 0.15) is 5.82 Å². The van der Waals surface area contributed by atoms with Crippen molar-refractivity contribution in [3.63, 3.8) is 0 Å². The van der Waals surface area contributed by atoms with Crippen LogP contribution in [0.25, 0.3) is 0 Å². The van der Waals surface area contributed by atoms with Gasteiger partial charge in [0.05, 0.1) is 19.0 Å². The maximum atomic E-state index is 12.8. The van der Waals surface area contributed by atoms with Gasteiger partial charge in [0.15, 0.2) is 0 Å². The lowest BCUT2D eigenvalue weighted by atomic mass is 10.2. The molecule has 3 rings (SSSR count). The van der Waals surface area contributed by atoms with Crippen LogP contribution in [0.2, 0.25) is 0 Å². The van der Waals surface area contributed by atoms with Gasteiger partial charge in [0.25, 0.3) is 0 Å². The highest BCUT2D eigenvalue weighted by Gasteiger charge is 2.39. The molecule has 1 aromatic heterocycles. The van der Waals surface area contributed by atoms with E-state index < -0.39 is 10.0 Å². The monoisotopic (exact) mass is 326 g/mol. The molecule has 1 saturated carbocycles. The summed E-state index contributed by atoms with van der Waals surface area (Å²) in [6.45, 7) is 2.89. The van der Waals surface area contributed by atoms with Crippen molar-refractivity contribution in [1.29, 1.82) is 0 Å². The molecule has 1 unspecified atom stereocenters. The molecule has 0 amide bonds. The highest BCUT2D eigenvalue weighted by Crippen LogP contribution is 2.37. The van der Waals surface area contributed by atoms with Crippen LogP contribution < -0.4 is 9.04 Å². The predicted octanol–water partition coefficient (Wildman–Crippen LogP) is 1.60. The fourth-order valence-electron chi connectivity index (χ4n) is 2.88. The number of aromatic nitrogens is 1. The third-order valence-electron chi connectivity index (χ3n) is 4.20. The molecule has 6 nitrogen and oxygen atoms in total. The van der Waals surface area contributed by atoms with Crippen molar-refractivity contribution in [2.45, 2.75) is 32.3 Å². The molecule has 2 heterocycles. The van der Waals surface area contributed by atoms with Gasteiger partial charge in [-0.25, -0.2) is 8.42 Å². The number of fused-ring (bicyclic) bond motifs is 1. The smallest absolute Gasteiger partial charge is 0.238 e. The van der Waals surface area contributed by atoms with Crippen molar-refractivity contribution in [3.8, 4) is 5.88 Å². The summed E-state index contributed by atoms with van der Waals surface area (Å²) in [5, 5.41) is 0. The zero-order valence-electron chi connectivity index (χ0n) is 13.0. The minimum absolute atomic E-state index is 0.0316. The molecule has 0 N–H and O–H groups in total. The first-order valence-electron chi connectivity index (χ1n) is 7.71. The highest BCUT2D eigenvalue weighted by molar-refractivity contribution is 7.92. The Morgan fingerprint density at radius 1 is 1.41 bits per heavy atom. The summed E-state index contributed by atoms with van der Waals surface area (Å²) in [6.07, 6.45) is 2.60. The largest absolute Gasteiger partial charge is 0.481 e. The van der Waals surface area contributed by atoms with Crippen LogP contribution in [0.5, 0.6) is 5.88 Å². The number of hydrogen-bond acceptors (Lipinski definition) is 5. The van der Waals surface area contributed by atoms with Crippen LogP contribution in [0.3, 0.4) is 0 Å². The first kappa shape index (κ1) is 15.6. The van der Waals surface area contributed by atoms with Crippen LogP contribution in [-0.2, 0) is 21.2 Å². The number of anilines is 1. The van der Waals surface area contributed by atoms with Gasteiger partial charge in [-0.05, 0) is 43.7 Å². The van der Waals surface area contributed by atoms with E-state index in [-0.39, 0.29) is 11.9 Å². The van der Waals surface area contributed by atoms with Crippen LogP contribution in [0.4, 0.5) is 5.82 Å². The molecule has 0 spiro atoms. The molecule has 22 heavy (non-hydrogen) atoms. The Hall–Kier alpha value is -1.34. The van der Waals surface area contributed by atoms with E-state index in [4.69, 9.17) is 9.47 Å². The average Bonchev–Trinajstić information content (AvgIpc) is 3.25. The topological polar surface area (TPSA) is 68.7 Å². The van der Waals surface area contributed by atoms with Gasteiger partial charge in [-0.2, -0.15) is 4.98 Å². The van der Waals surface area contributed by atoms with E-state index in [1.54, 1.807) is 6.07 Å². The molecule has 1 aromatic rings. The third kappa shape index (κ3) is 3.05. The Labute approximate surface area is 131 Å². The van der Waals surface area contributed by atoms with E-state index in [1.165, 1.54) is 11.4 Å². The standard InChI is InChI=1S/C15H22N2O4S/c1-3-21-13(11-4-5-11)10-22(18,19)17-9-8-12-6-7-14(20-2)16-15(12)17/h6-7,11,13H,3-5,8-10H2,1-2H3. The first-order valence-corrected chi connectivity index (χ1v) is 9.32. The molecule has 0 radical (unpaired) electrons. The molecule has 1 aliphatic heterocycles. The molecule has 0 bridgehead atoms. The first-order chi connectivity index (χ1) is 10.5. The molecule has 1 aliphatic carbocycles. The zero-order chi connectivity index (χ0) is 15.7. The number of methoxy groups -OCH3 is 1. The quantitative estimate of drug-likeness (QED) is 0.761. The molecule has 7 heteroatoms. The van der Waals surface area contributed by atoms with Crippen molar-refractivity contribution in [2.75, 3.05) is 30.3 Å². The van der Waals surface area contributed by atoms with Crippen LogP contribution in [-0.4, -0.2) is 45.5 Å². The summed E-state index contributed by atoms with van der Waals surface area (Å²) in [6, 6.07) is 3.65. The maximum Gasteiger partial charge on any atom is 0.238 e. The molecule has 2 aliphatic rings. The summed E-state index contributed by atoms with van der Waals surface area (Å²) >= 11 is 0. The van der Waals surface area contributed by atoms with Crippen molar-refractivity contribution < 1.29 is 17.9 Å². The predicted molar refractivity (Wildman–Crippen MR) is 83.8 cm³/mol. The average molecular weight is 326 g/mol. The van der Waals surface area contributed by atoms with Crippen molar-refractivity contribution in [2.24, 2.45) is 5.92 Å². The maximum absolute atomic E-state index is 12.8. The van der Waals surface area contributed by atoms with E-state index in [0.717, 1.165) is 18.4 Å². The van der Waals surface area contributed by atoms with Crippen LogP contribution in [0, 0.1) is 5.92 Å². The fourth-order valence-corrected chi connectivity index (χ4v) is 4.64. The number of sulfonamides is 1. The number of nitrogens with zero attached hydrogens (tertiary/aromatic N) is 2. The summed E-state index contributed by atoms with van der Waals surface area (Å²) < 4.78 is 37.7. The lowest BCUT2D eigenvalue weighted by Gasteiger charge is -2.23. The lowest BCUT2D eigenvalue weighted by Crippen LogP contribution is -2.37. The molecular formula is C15H22N2O4S. The molecule has 1 fully saturated rings. The van der Waals surface area contributed by atoms with E-state index in [2.05, 4.69) is 4.98 Å². The van der Waals surface area contributed by atoms with Crippen molar-refractivity contribution in [1.82, 2.24) is 4.98 Å². The Kier molecular flexibility index (Phi) is 4.27. The lowest BCUT2D eigenvalue weighted by molar-refractivity contribution is 0.0631. The Bertz CT molecular complexity index is 643. The van der Waals surface area contributed by atoms with E-state index >= 15 is 0 Å². The van der Waals surface area contributed by atoms with Gasteiger partial charge in [-0.3, -0.25) is 4.31 Å². The zero-order valence-corrected chi connectivity index (χ0v) is 13.8. The van der Waals surface area contributed by atoms with E-state index in [0.29, 0.717) is 37.2 Å². The third-order valence-corrected chi connectivity index (χ3v) is 5.98. The van der Waals surface area contributed by atoms with E-state index in [1.807, 2.05) is 13.0 Å². The fraction of sp³-hybridized carbons (Fsp3) is 0.667. The number of hydrogen-bond donors (Lipinski definition) is 0. The summed E-state index contributed by atoms with van der Waals surface area (Å²) in [5.41, 5.74) is 0.948. The van der Waals surface area contributed by atoms with E-state index in [9.17, 15) is 8.42 Å². The molecule has 0 aromatic carbocycles. The second-order valence-electron chi connectivity index (χ2n) is 5.77. The van der Waals surface area contributed by atoms with Gasteiger partial charge in [-0.15, -0.1) is 0 Å². The summed E-state index contributed by atoms with van der Waals surface area (Å²) in [7, 11) is -1.91. The van der Waals surface area contributed by atoms with Gasteiger partial charge in [-0.1, -0.05) is 0 Å². The molecule has 122 valence electrons. The number of pyridine rings is 1. The minimum Gasteiger partial charge on any atom is -0.481 e. The molecule has 0 saturated heterocycles. The van der Waals surface area contributed by atoms with Crippen molar-refractivity contribution >= 4 is 15.8 Å². The van der Waals surface area contributed by atoms with Gasteiger partial charge >= 0.3 is 0 Å². The summed E-state index contributed by atoms with van der Waals surface area (Å²) in [4.78, 5) is 4.32. The molecule has 1 atom stereocenters. The van der Waals surface area contributed by atoms with Gasteiger partial charge < -0.3 is 9.47 Å². The minimum atomic E-state index is -3.43. The number of ether oxygens (including phenoxy) is 2. The second-order valence-corrected chi connectivity index (χ2v) is 7.71. The Balaban J connectivity index is 1.82. The van der Waals surface area contributed by atoms with Gasteiger partial charge in [0.2, 0.25) is 15.9 Å². The summed E-state index contributed by atoms with van der Waals surface area (Å²) in [5.74, 6) is 1.36. The van der Waals surface area contributed by atoms with Crippen LogP contribution in [0.15, 0.2) is 12.1 Å². The molecular weight excluding hydrogens is 304 g/mol. The second kappa shape index (κ2) is 6.04. The Morgan fingerprint density at radius 2 is 2.18 bits per heavy atom. The highest BCUT2D eigenvalue weighted by atomic mass is 32.2. The number of rotatable bonds is 7. The SMILES string of the molecule is CCOC(CS(=O)(=O)N1CCc2ccc(OC)nc21)C1CC1.